The number of carbonyl (C=O) groups is 1. The first kappa shape index (κ1) is 14.4. The number of aliphatic hydroxyl groups is 1. The van der Waals surface area contributed by atoms with Gasteiger partial charge in [-0.25, -0.2) is 4.79 Å². The summed E-state index contributed by atoms with van der Waals surface area (Å²) in [7, 11) is 0. The molecular weight excluding hydrogens is 220 g/mol. The third-order valence-corrected chi connectivity index (χ3v) is 3.26. The van der Waals surface area contributed by atoms with Gasteiger partial charge in [-0.3, -0.25) is 0 Å². The molecule has 1 aliphatic rings. The van der Waals surface area contributed by atoms with Crippen molar-refractivity contribution in [2.24, 2.45) is 11.1 Å². The molecule has 100 valence electrons. The van der Waals surface area contributed by atoms with Crippen molar-refractivity contribution < 1.29 is 14.7 Å². The second-order valence-electron chi connectivity index (χ2n) is 5.95. The van der Waals surface area contributed by atoms with E-state index in [0.29, 0.717) is 25.9 Å². The van der Waals surface area contributed by atoms with E-state index in [9.17, 15) is 9.90 Å². The fraction of sp³-hybridized carbons (Fsp3) is 0.917. The third-order valence-electron chi connectivity index (χ3n) is 3.26. The zero-order chi connectivity index (χ0) is 13.3. The Balaban J connectivity index is 2.46. The van der Waals surface area contributed by atoms with Gasteiger partial charge in [0.2, 0.25) is 0 Å². The van der Waals surface area contributed by atoms with Gasteiger partial charge in [0.15, 0.2) is 0 Å². The summed E-state index contributed by atoms with van der Waals surface area (Å²) in [5.41, 5.74) is 4.41. The second-order valence-corrected chi connectivity index (χ2v) is 5.95. The van der Waals surface area contributed by atoms with Crippen molar-refractivity contribution in [1.29, 1.82) is 0 Å². The predicted molar refractivity (Wildman–Crippen MR) is 65.0 cm³/mol. The van der Waals surface area contributed by atoms with E-state index in [1.165, 1.54) is 0 Å². The minimum absolute atomic E-state index is 0.247. The molecule has 1 heterocycles. The van der Waals surface area contributed by atoms with Crippen molar-refractivity contribution in [1.82, 2.24) is 5.06 Å². The van der Waals surface area contributed by atoms with Crippen molar-refractivity contribution >= 4 is 5.97 Å². The third kappa shape index (κ3) is 3.66. The molecule has 1 aliphatic heterocycles. The van der Waals surface area contributed by atoms with Crippen LogP contribution in [0.5, 0.6) is 0 Å². The topological polar surface area (TPSA) is 75.8 Å². The Morgan fingerprint density at radius 2 is 1.88 bits per heavy atom. The van der Waals surface area contributed by atoms with Gasteiger partial charge < -0.3 is 15.7 Å². The van der Waals surface area contributed by atoms with Crippen LogP contribution in [0.25, 0.3) is 0 Å². The molecule has 0 aromatic rings. The lowest BCUT2D eigenvalue weighted by Gasteiger charge is -2.39. The largest absolute Gasteiger partial charge is 0.388 e. The summed E-state index contributed by atoms with van der Waals surface area (Å²) in [6.45, 7) is 8.31. The van der Waals surface area contributed by atoms with Gasteiger partial charge in [-0.2, -0.15) is 0 Å². The van der Waals surface area contributed by atoms with Crippen LogP contribution >= 0.6 is 0 Å². The quantitative estimate of drug-likeness (QED) is 0.746. The molecule has 0 amide bonds. The van der Waals surface area contributed by atoms with Gasteiger partial charge in [0.05, 0.1) is 11.0 Å². The summed E-state index contributed by atoms with van der Waals surface area (Å²) < 4.78 is 0. The van der Waals surface area contributed by atoms with E-state index in [-0.39, 0.29) is 12.0 Å². The van der Waals surface area contributed by atoms with E-state index in [1.54, 1.807) is 12.0 Å². The fourth-order valence-electron chi connectivity index (χ4n) is 1.67. The monoisotopic (exact) mass is 244 g/mol. The van der Waals surface area contributed by atoms with Crippen LogP contribution in [0.1, 0.15) is 40.5 Å². The van der Waals surface area contributed by atoms with Gasteiger partial charge >= 0.3 is 5.97 Å². The zero-order valence-electron chi connectivity index (χ0n) is 11.2. The van der Waals surface area contributed by atoms with E-state index in [2.05, 4.69) is 0 Å². The van der Waals surface area contributed by atoms with Gasteiger partial charge in [-0.15, -0.1) is 5.06 Å². The number of hydrogen-bond donors (Lipinski definition) is 2. The normalized spacial score (nSPS) is 23.2. The van der Waals surface area contributed by atoms with E-state index in [0.717, 1.165) is 0 Å². The van der Waals surface area contributed by atoms with E-state index in [1.807, 2.05) is 20.8 Å². The molecule has 0 spiro atoms. The van der Waals surface area contributed by atoms with Crippen LogP contribution in [-0.2, 0) is 9.63 Å². The maximum absolute atomic E-state index is 11.7. The highest BCUT2D eigenvalue weighted by molar-refractivity contribution is 5.75. The van der Waals surface area contributed by atoms with E-state index in [4.69, 9.17) is 10.6 Å². The molecule has 1 atom stereocenters. The first-order valence-corrected chi connectivity index (χ1v) is 6.10. The van der Waals surface area contributed by atoms with Gasteiger partial charge in [0, 0.05) is 19.1 Å². The minimum atomic E-state index is -0.829. The Morgan fingerprint density at radius 1 is 1.41 bits per heavy atom. The summed E-state index contributed by atoms with van der Waals surface area (Å²) in [5.74, 6) is -0.247. The molecule has 5 nitrogen and oxygen atoms in total. The Hall–Kier alpha value is -0.650. The number of carbonyl (C=O) groups excluding carboxylic acids is 1. The molecule has 0 aliphatic carbocycles. The number of hydrogen-bond acceptors (Lipinski definition) is 5. The Bertz CT molecular complexity index is 276. The molecule has 0 saturated carbocycles. The molecule has 0 aromatic carbocycles. The zero-order valence-corrected chi connectivity index (χ0v) is 11.2. The number of hydroxylamine groups is 2. The van der Waals surface area contributed by atoms with Gasteiger partial charge in [0.25, 0.3) is 0 Å². The molecular formula is C12H24N2O3. The summed E-state index contributed by atoms with van der Waals surface area (Å²) in [5, 5.41) is 11.8. The maximum Gasteiger partial charge on any atom is 0.330 e. The molecule has 17 heavy (non-hydrogen) atoms. The summed E-state index contributed by atoms with van der Waals surface area (Å²) >= 11 is 0. The molecule has 1 unspecified atom stereocenters. The Labute approximate surface area is 103 Å². The fourth-order valence-corrected chi connectivity index (χ4v) is 1.67. The molecule has 3 N–H and O–H groups in total. The number of nitrogens with two attached hydrogens (primary N) is 1. The van der Waals surface area contributed by atoms with Crippen LogP contribution < -0.4 is 5.73 Å². The van der Waals surface area contributed by atoms with Crippen LogP contribution in [0.4, 0.5) is 0 Å². The first-order chi connectivity index (χ1) is 7.65. The molecule has 5 heteroatoms. The van der Waals surface area contributed by atoms with Crippen molar-refractivity contribution in [3.63, 3.8) is 0 Å². The molecule has 1 rings (SSSR count). The van der Waals surface area contributed by atoms with Crippen molar-refractivity contribution in [3.8, 4) is 0 Å². The number of piperidine rings is 1. The van der Waals surface area contributed by atoms with Crippen LogP contribution in [0, 0.1) is 5.41 Å². The van der Waals surface area contributed by atoms with Crippen molar-refractivity contribution in [3.05, 3.63) is 0 Å². The van der Waals surface area contributed by atoms with Gasteiger partial charge in [-0.1, -0.05) is 0 Å². The number of nitrogens with zero attached hydrogens (tertiary/aromatic N) is 1. The SMILES string of the molecule is CC(N)C1(O)CCN(OC(=O)C(C)(C)C)CC1. The van der Waals surface area contributed by atoms with Crippen LogP contribution in [0.3, 0.4) is 0 Å². The van der Waals surface area contributed by atoms with Gasteiger partial charge in [0.1, 0.15) is 0 Å². The first-order valence-electron chi connectivity index (χ1n) is 6.10. The van der Waals surface area contributed by atoms with Crippen LogP contribution in [0.2, 0.25) is 0 Å². The average Bonchev–Trinajstić information content (AvgIpc) is 2.20. The summed E-state index contributed by atoms with van der Waals surface area (Å²) in [6.07, 6.45) is 1.06. The van der Waals surface area contributed by atoms with Crippen molar-refractivity contribution in [2.45, 2.75) is 52.2 Å². The van der Waals surface area contributed by atoms with Gasteiger partial charge in [-0.05, 0) is 40.5 Å². The van der Waals surface area contributed by atoms with Crippen molar-refractivity contribution in [2.75, 3.05) is 13.1 Å². The Kier molecular flexibility index (Phi) is 4.17. The molecule has 0 radical (unpaired) electrons. The highest BCUT2D eigenvalue weighted by atomic mass is 16.7. The Morgan fingerprint density at radius 3 is 2.24 bits per heavy atom. The average molecular weight is 244 g/mol. The van der Waals surface area contributed by atoms with Crippen LogP contribution in [0.15, 0.2) is 0 Å². The summed E-state index contributed by atoms with van der Waals surface area (Å²) in [6, 6.07) is -0.261. The predicted octanol–water partition coefficient (Wildman–Crippen LogP) is 0.665. The lowest BCUT2D eigenvalue weighted by molar-refractivity contribution is -0.214. The number of rotatable bonds is 2. The molecule has 1 saturated heterocycles. The molecule has 1 fully saturated rings. The van der Waals surface area contributed by atoms with Crippen LogP contribution in [-0.4, -0.2) is 40.9 Å². The highest BCUT2D eigenvalue weighted by Gasteiger charge is 2.37. The standard InChI is InChI=1S/C12H24N2O3/c1-9(13)12(16)5-7-14(8-6-12)17-10(15)11(2,3)4/h9,16H,5-8,13H2,1-4H3. The van der Waals surface area contributed by atoms with E-state index >= 15 is 0 Å². The molecule has 0 bridgehead atoms. The minimum Gasteiger partial charge on any atom is -0.388 e. The lowest BCUT2D eigenvalue weighted by atomic mass is 9.86. The molecule has 0 aromatic heterocycles. The highest BCUT2D eigenvalue weighted by Crippen LogP contribution is 2.26. The lowest BCUT2D eigenvalue weighted by Crippen LogP contribution is -2.54. The van der Waals surface area contributed by atoms with E-state index < -0.39 is 11.0 Å². The second kappa shape index (κ2) is 4.92. The smallest absolute Gasteiger partial charge is 0.330 e. The maximum atomic E-state index is 11.7. The summed E-state index contributed by atoms with van der Waals surface area (Å²) in [4.78, 5) is 16.9.